The van der Waals surface area contributed by atoms with Gasteiger partial charge in [0.25, 0.3) is 0 Å². The average Bonchev–Trinajstić information content (AvgIpc) is 2.86. The van der Waals surface area contributed by atoms with Gasteiger partial charge >= 0.3 is 0 Å². The molecule has 1 aromatic carbocycles. The molecule has 0 saturated heterocycles. The van der Waals surface area contributed by atoms with E-state index in [-0.39, 0.29) is 5.54 Å². The van der Waals surface area contributed by atoms with Gasteiger partial charge in [-0.05, 0) is 55.9 Å². The number of nitrogens with two attached hydrogens (primary N) is 1. The largest absolute Gasteiger partial charge is 0.325 e. The Bertz CT molecular complexity index is 367. The van der Waals surface area contributed by atoms with Gasteiger partial charge < -0.3 is 5.73 Å². The first-order valence-corrected chi connectivity index (χ1v) is 5.85. The molecule has 2 N–H and O–H groups in total. The molecular weight excluding hydrogens is 238 g/mol. The lowest BCUT2D eigenvalue weighted by Crippen LogP contribution is -2.25. The predicted octanol–water partition coefficient (Wildman–Crippen LogP) is 3.10. The van der Waals surface area contributed by atoms with Crippen LogP contribution < -0.4 is 5.73 Å². The quantitative estimate of drug-likeness (QED) is 0.862. The lowest BCUT2D eigenvalue weighted by atomic mass is 9.97. The van der Waals surface area contributed by atoms with Gasteiger partial charge in [0.1, 0.15) is 0 Å². The number of rotatable bonds is 2. The normalized spacial score (nSPS) is 18.3. The minimum absolute atomic E-state index is 0.0983. The van der Waals surface area contributed by atoms with E-state index in [1.54, 1.807) is 0 Å². The van der Waals surface area contributed by atoms with Crippen LogP contribution >= 0.6 is 15.9 Å². The molecular formula is C12H16BrN. The van der Waals surface area contributed by atoms with Crippen LogP contribution in [0.1, 0.15) is 29.5 Å². The van der Waals surface area contributed by atoms with E-state index >= 15 is 0 Å². The standard InChI is InChI=1S/C12H16BrN/c1-8-3-4-11(13)10(9(8)2)7-12(14)5-6-12/h3-4H,5-7,14H2,1-2H3. The lowest BCUT2D eigenvalue weighted by molar-refractivity contribution is 0.667. The van der Waals surface area contributed by atoms with Crippen LogP contribution in [-0.4, -0.2) is 5.54 Å². The molecule has 0 atom stereocenters. The lowest BCUT2D eigenvalue weighted by Gasteiger charge is -2.15. The van der Waals surface area contributed by atoms with Crippen molar-refractivity contribution >= 4 is 15.9 Å². The van der Waals surface area contributed by atoms with Crippen LogP contribution in [0.4, 0.5) is 0 Å². The summed E-state index contributed by atoms with van der Waals surface area (Å²) in [5.41, 5.74) is 10.4. The molecule has 0 heterocycles. The summed E-state index contributed by atoms with van der Waals surface area (Å²) in [5, 5.41) is 0. The van der Waals surface area contributed by atoms with Crippen molar-refractivity contribution in [3.8, 4) is 0 Å². The Labute approximate surface area is 93.8 Å². The molecule has 1 aromatic rings. The fourth-order valence-corrected chi connectivity index (χ4v) is 2.32. The Kier molecular flexibility index (Phi) is 2.44. The molecule has 1 fully saturated rings. The maximum atomic E-state index is 6.15. The second-order valence-corrected chi connectivity index (χ2v) is 5.36. The van der Waals surface area contributed by atoms with E-state index in [0.717, 1.165) is 6.42 Å². The monoisotopic (exact) mass is 253 g/mol. The van der Waals surface area contributed by atoms with Crippen molar-refractivity contribution in [1.29, 1.82) is 0 Å². The first-order valence-electron chi connectivity index (χ1n) is 5.05. The van der Waals surface area contributed by atoms with E-state index in [1.807, 2.05) is 0 Å². The van der Waals surface area contributed by atoms with Crippen LogP contribution in [0, 0.1) is 13.8 Å². The Morgan fingerprint density at radius 2 is 2.00 bits per heavy atom. The molecule has 1 aliphatic carbocycles. The second-order valence-electron chi connectivity index (χ2n) is 4.51. The van der Waals surface area contributed by atoms with Gasteiger partial charge in [0.2, 0.25) is 0 Å². The van der Waals surface area contributed by atoms with Crippen LogP contribution in [0.5, 0.6) is 0 Å². The highest BCUT2D eigenvalue weighted by Gasteiger charge is 2.38. The zero-order valence-corrected chi connectivity index (χ0v) is 10.3. The molecule has 0 bridgehead atoms. The molecule has 0 aliphatic heterocycles. The Balaban J connectivity index is 2.35. The van der Waals surface area contributed by atoms with E-state index in [0.29, 0.717) is 0 Å². The maximum Gasteiger partial charge on any atom is 0.0210 e. The van der Waals surface area contributed by atoms with Crippen molar-refractivity contribution in [3.63, 3.8) is 0 Å². The van der Waals surface area contributed by atoms with Gasteiger partial charge in [-0.15, -0.1) is 0 Å². The second kappa shape index (κ2) is 3.35. The van der Waals surface area contributed by atoms with Crippen molar-refractivity contribution in [2.45, 2.75) is 38.6 Å². The molecule has 1 saturated carbocycles. The van der Waals surface area contributed by atoms with Crippen molar-refractivity contribution in [2.24, 2.45) is 5.73 Å². The van der Waals surface area contributed by atoms with Crippen LogP contribution in [0.15, 0.2) is 16.6 Å². The van der Waals surface area contributed by atoms with Gasteiger partial charge in [0.05, 0.1) is 0 Å². The summed E-state index contributed by atoms with van der Waals surface area (Å²) in [6.07, 6.45) is 3.36. The van der Waals surface area contributed by atoms with Crippen LogP contribution in [0.2, 0.25) is 0 Å². The summed E-state index contributed by atoms with van der Waals surface area (Å²) in [6.45, 7) is 4.34. The Hall–Kier alpha value is -0.340. The van der Waals surface area contributed by atoms with Crippen molar-refractivity contribution < 1.29 is 0 Å². The van der Waals surface area contributed by atoms with E-state index in [2.05, 4.69) is 41.9 Å². The average molecular weight is 254 g/mol. The summed E-state index contributed by atoms with van der Waals surface area (Å²) in [7, 11) is 0. The molecule has 1 aliphatic rings. The third-order valence-electron chi connectivity index (χ3n) is 3.23. The first-order chi connectivity index (χ1) is 6.52. The number of hydrogen-bond donors (Lipinski definition) is 1. The number of hydrogen-bond acceptors (Lipinski definition) is 1. The molecule has 76 valence electrons. The van der Waals surface area contributed by atoms with Gasteiger partial charge in [0.15, 0.2) is 0 Å². The van der Waals surface area contributed by atoms with E-state index in [9.17, 15) is 0 Å². The van der Waals surface area contributed by atoms with Crippen LogP contribution in [0.3, 0.4) is 0 Å². The fraction of sp³-hybridized carbons (Fsp3) is 0.500. The van der Waals surface area contributed by atoms with E-state index in [1.165, 1.54) is 34.0 Å². The summed E-state index contributed by atoms with van der Waals surface area (Å²) < 4.78 is 1.21. The summed E-state index contributed by atoms with van der Waals surface area (Å²) in [6, 6.07) is 4.28. The summed E-state index contributed by atoms with van der Waals surface area (Å²) in [4.78, 5) is 0. The van der Waals surface area contributed by atoms with Crippen molar-refractivity contribution in [2.75, 3.05) is 0 Å². The highest BCUT2D eigenvalue weighted by atomic mass is 79.9. The highest BCUT2D eigenvalue weighted by Crippen LogP contribution is 2.38. The van der Waals surface area contributed by atoms with E-state index < -0.39 is 0 Å². The topological polar surface area (TPSA) is 26.0 Å². The van der Waals surface area contributed by atoms with Gasteiger partial charge in [-0.2, -0.15) is 0 Å². The SMILES string of the molecule is Cc1ccc(Br)c(CC2(N)CC2)c1C. The third-order valence-corrected chi connectivity index (χ3v) is 3.98. The third kappa shape index (κ3) is 1.86. The molecule has 0 aromatic heterocycles. The van der Waals surface area contributed by atoms with Gasteiger partial charge in [-0.1, -0.05) is 22.0 Å². The fourth-order valence-electron chi connectivity index (χ4n) is 1.75. The molecule has 0 amide bonds. The molecule has 2 heteroatoms. The summed E-state index contributed by atoms with van der Waals surface area (Å²) >= 11 is 3.61. The maximum absolute atomic E-state index is 6.15. The zero-order chi connectivity index (χ0) is 10.3. The molecule has 14 heavy (non-hydrogen) atoms. The minimum Gasteiger partial charge on any atom is -0.325 e. The van der Waals surface area contributed by atoms with E-state index in [4.69, 9.17) is 5.73 Å². The first kappa shape index (κ1) is 10.2. The molecule has 1 nitrogen and oxygen atoms in total. The number of halogens is 1. The molecule has 0 spiro atoms. The zero-order valence-electron chi connectivity index (χ0n) is 8.73. The Morgan fingerprint density at radius 3 is 2.57 bits per heavy atom. The molecule has 2 rings (SSSR count). The van der Waals surface area contributed by atoms with Crippen molar-refractivity contribution in [3.05, 3.63) is 33.3 Å². The summed E-state index contributed by atoms with van der Waals surface area (Å²) in [5.74, 6) is 0. The van der Waals surface area contributed by atoms with Crippen molar-refractivity contribution in [1.82, 2.24) is 0 Å². The van der Waals surface area contributed by atoms with Gasteiger partial charge in [-0.3, -0.25) is 0 Å². The minimum atomic E-state index is 0.0983. The van der Waals surface area contributed by atoms with Gasteiger partial charge in [-0.25, -0.2) is 0 Å². The predicted molar refractivity (Wildman–Crippen MR) is 63.5 cm³/mol. The Morgan fingerprint density at radius 1 is 1.36 bits per heavy atom. The highest BCUT2D eigenvalue weighted by molar-refractivity contribution is 9.10. The van der Waals surface area contributed by atoms with Crippen LogP contribution in [0.25, 0.3) is 0 Å². The van der Waals surface area contributed by atoms with Crippen LogP contribution in [-0.2, 0) is 6.42 Å². The molecule has 0 radical (unpaired) electrons. The number of benzene rings is 1. The number of aryl methyl sites for hydroxylation is 1. The molecule has 0 unspecified atom stereocenters. The smallest absolute Gasteiger partial charge is 0.0210 e. The van der Waals surface area contributed by atoms with Gasteiger partial charge in [0, 0.05) is 10.0 Å².